The Labute approximate surface area is 220 Å². The highest BCUT2D eigenvalue weighted by molar-refractivity contribution is 7.92. The highest BCUT2D eigenvalue weighted by Crippen LogP contribution is 2.22. The van der Waals surface area contributed by atoms with Crippen LogP contribution in [0.5, 0.6) is 0 Å². The number of amides is 2. The Hall–Kier alpha value is -2.58. The number of carbonyl (C=O) groups is 2. The molecule has 0 saturated carbocycles. The van der Waals surface area contributed by atoms with E-state index < -0.39 is 16.1 Å². The molecule has 0 saturated heterocycles. The van der Waals surface area contributed by atoms with Gasteiger partial charge in [0, 0.05) is 31.1 Å². The number of nitrogens with zero attached hydrogens (tertiary/aromatic N) is 2. The van der Waals surface area contributed by atoms with Gasteiger partial charge in [0.2, 0.25) is 21.8 Å². The first-order chi connectivity index (χ1) is 16.8. The largest absolute Gasteiger partial charge is 0.354 e. The Morgan fingerprint density at radius 1 is 1.03 bits per heavy atom. The lowest BCUT2D eigenvalue weighted by molar-refractivity contribution is -0.140. The summed E-state index contributed by atoms with van der Waals surface area (Å²) in [5, 5.41) is 3.44. The molecule has 2 aromatic rings. The van der Waals surface area contributed by atoms with Gasteiger partial charge >= 0.3 is 0 Å². The van der Waals surface area contributed by atoms with Crippen molar-refractivity contribution >= 4 is 39.1 Å². The Morgan fingerprint density at radius 2 is 1.67 bits per heavy atom. The number of benzene rings is 2. The molecule has 1 atom stereocenters. The van der Waals surface area contributed by atoms with Gasteiger partial charge in [0.05, 0.1) is 11.9 Å². The van der Waals surface area contributed by atoms with E-state index in [0.29, 0.717) is 23.7 Å². The van der Waals surface area contributed by atoms with E-state index in [9.17, 15) is 18.0 Å². The van der Waals surface area contributed by atoms with E-state index in [0.717, 1.165) is 16.7 Å². The highest BCUT2D eigenvalue weighted by atomic mass is 35.5. The zero-order valence-corrected chi connectivity index (χ0v) is 23.6. The van der Waals surface area contributed by atoms with Crippen molar-refractivity contribution in [3.63, 3.8) is 0 Å². The summed E-state index contributed by atoms with van der Waals surface area (Å²) in [4.78, 5) is 27.7. The minimum absolute atomic E-state index is 0.0964. The number of halogens is 1. The van der Waals surface area contributed by atoms with Crippen LogP contribution in [0.4, 0.5) is 5.69 Å². The van der Waals surface area contributed by atoms with E-state index in [4.69, 9.17) is 11.6 Å². The van der Waals surface area contributed by atoms with Crippen molar-refractivity contribution in [1.82, 2.24) is 10.2 Å². The molecule has 2 rings (SSSR count). The summed E-state index contributed by atoms with van der Waals surface area (Å²) in [5.41, 5.74) is 3.32. The van der Waals surface area contributed by atoms with Crippen LogP contribution in [0.2, 0.25) is 5.02 Å². The third-order valence-electron chi connectivity index (χ3n) is 5.74. The Morgan fingerprint density at radius 3 is 2.22 bits per heavy atom. The molecule has 0 spiro atoms. The third-order valence-corrected chi connectivity index (χ3v) is 7.17. The summed E-state index contributed by atoms with van der Waals surface area (Å²) in [6.07, 6.45) is 1.57. The average Bonchev–Trinajstić information content (AvgIpc) is 2.76. The summed E-state index contributed by atoms with van der Waals surface area (Å²) in [7, 11) is -3.54. The first-order valence-corrected chi connectivity index (χ1v) is 14.4. The zero-order chi connectivity index (χ0) is 27.0. The van der Waals surface area contributed by atoms with Crippen LogP contribution in [0.15, 0.2) is 42.5 Å². The van der Waals surface area contributed by atoms with Crippen molar-refractivity contribution in [3.8, 4) is 0 Å². The molecule has 0 fully saturated rings. The lowest BCUT2D eigenvalue weighted by Crippen LogP contribution is -2.48. The van der Waals surface area contributed by atoms with Crippen LogP contribution in [0.1, 0.15) is 50.3 Å². The van der Waals surface area contributed by atoms with Gasteiger partial charge in [-0.25, -0.2) is 8.42 Å². The molecule has 0 heterocycles. The Kier molecular flexibility index (Phi) is 10.8. The molecule has 0 aliphatic heterocycles. The number of rotatable bonds is 12. The molecule has 36 heavy (non-hydrogen) atoms. The summed E-state index contributed by atoms with van der Waals surface area (Å²) < 4.78 is 26.4. The monoisotopic (exact) mass is 535 g/mol. The molecule has 0 bridgehead atoms. The predicted molar refractivity (Wildman–Crippen MR) is 147 cm³/mol. The van der Waals surface area contributed by atoms with Gasteiger partial charge in [-0.05, 0) is 74.1 Å². The van der Waals surface area contributed by atoms with Gasteiger partial charge in [0.1, 0.15) is 6.04 Å². The summed E-state index contributed by atoms with van der Waals surface area (Å²) in [6, 6.07) is 12.1. The van der Waals surface area contributed by atoms with Crippen molar-refractivity contribution in [2.45, 2.75) is 60.0 Å². The maximum absolute atomic E-state index is 13.3. The van der Waals surface area contributed by atoms with E-state index in [1.54, 1.807) is 25.1 Å². The second-order valence-electron chi connectivity index (χ2n) is 9.75. The minimum atomic E-state index is -3.54. The van der Waals surface area contributed by atoms with Crippen LogP contribution >= 0.6 is 11.6 Å². The summed E-state index contributed by atoms with van der Waals surface area (Å²) in [5.74, 6) is -0.173. The van der Waals surface area contributed by atoms with Gasteiger partial charge < -0.3 is 10.2 Å². The molecular weight excluding hydrogens is 498 g/mol. The topological polar surface area (TPSA) is 86.8 Å². The molecule has 0 aliphatic carbocycles. The average molecular weight is 536 g/mol. The van der Waals surface area contributed by atoms with Crippen molar-refractivity contribution in [1.29, 1.82) is 0 Å². The second kappa shape index (κ2) is 13.1. The van der Waals surface area contributed by atoms with E-state index >= 15 is 0 Å². The molecule has 0 aromatic heterocycles. The molecule has 2 aromatic carbocycles. The Balaban J connectivity index is 2.18. The fourth-order valence-electron chi connectivity index (χ4n) is 3.97. The number of carbonyl (C=O) groups excluding carboxylic acids is 2. The number of hydrogen-bond acceptors (Lipinski definition) is 4. The van der Waals surface area contributed by atoms with E-state index in [1.165, 1.54) is 15.5 Å². The van der Waals surface area contributed by atoms with Crippen LogP contribution in [-0.2, 0) is 26.2 Å². The van der Waals surface area contributed by atoms with Crippen LogP contribution < -0.4 is 9.62 Å². The molecule has 1 N–H and O–H groups in total. The maximum atomic E-state index is 13.3. The SMILES string of the molecule is Cc1cc(C)cc(N(CCCC(=O)N(Cc2cccc(Cl)c2)C(C)C(=O)NCC(C)C)S(C)(=O)=O)c1. The lowest BCUT2D eigenvalue weighted by Gasteiger charge is -2.30. The van der Waals surface area contributed by atoms with Gasteiger partial charge in [0.25, 0.3) is 0 Å². The quantitative estimate of drug-likeness (QED) is 0.427. The number of anilines is 1. The molecule has 2 amide bonds. The van der Waals surface area contributed by atoms with Crippen molar-refractivity contribution in [2.24, 2.45) is 5.92 Å². The van der Waals surface area contributed by atoms with Crippen LogP contribution in [0.3, 0.4) is 0 Å². The van der Waals surface area contributed by atoms with Crippen molar-refractivity contribution in [2.75, 3.05) is 23.7 Å². The number of hydrogen-bond donors (Lipinski definition) is 1. The van der Waals surface area contributed by atoms with Crippen LogP contribution in [-0.4, -0.2) is 50.5 Å². The molecule has 9 heteroatoms. The fourth-order valence-corrected chi connectivity index (χ4v) is 5.13. The highest BCUT2D eigenvalue weighted by Gasteiger charge is 2.27. The number of sulfonamides is 1. The summed E-state index contributed by atoms with van der Waals surface area (Å²) in [6.45, 7) is 10.4. The van der Waals surface area contributed by atoms with Crippen LogP contribution in [0.25, 0.3) is 0 Å². The van der Waals surface area contributed by atoms with Gasteiger partial charge in [-0.15, -0.1) is 0 Å². The zero-order valence-electron chi connectivity index (χ0n) is 22.0. The van der Waals surface area contributed by atoms with Gasteiger partial charge in [-0.1, -0.05) is 43.6 Å². The molecular formula is C27H38ClN3O4S. The molecule has 1 unspecified atom stereocenters. The second-order valence-corrected chi connectivity index (χ2v) is 12.1. The fraction of sp³-hybridized carbons (Fsp3) is 0.481. The molecule has 198 valence electrons. The smallest absolute Gasteiger partial charge is 0.242 e. The molecule has 0 aliphatic rings. The normalized spacial score (nSPS) is 12.3. The van der Waals surface area contributed by atoms with Crippen molar-refractivity contribution in [3.05, 3.63) is 64.2 Å². The van der Waals surface area contributed by atoms with E-state index in [-0.39, 0.29) is 37.2 Å². The standard InChI is InChI=1S/C27H38ClN3O4S/c1-19(2)17-29-27(33)22(5)30(18-23-9-7-10-24(28)16-23)26(32)11-8-12-31(36(6,34)35)25-14-20(3)13-21(4)15-25/h7,9-10,13-16,19,22H,8,11-12,17-18H2,1-6H3,(H,29,33). The van der Waals surface area contributed by atoms with Crippen molar-refractivity contribution < 1.29 is 18.0 Å². The maximum Gasteiger partial charge on any atom is 0.242 e. The van der Waals surface area contributed by atoms with Gasteiger partial charge in [-0.3, -0.25) is 13.9 Å². The Bertz CT molecular complexity index is 1150. The van der Waals surface area contributed by atoms with Gasteiger partial charge in [-0.2, -0.15) is 0 Å². The predicted octanol–water partition coefficient (Wildman–Crippen LogP) is 4.69. The first kappa shape index (κ1) is 29.6. The first-order valence-electron chi connectivity index (χ1n) is 12.2. The van der Waals surface area contributed by atoms with E-state index in [2.05, 4.69) is 5.32 Å². The number of aryl methyl sites for hydroxylation is 2. The van der Waals surface area contributed by atoms with Gasteiger partial charge in [0.15, 0.2) is 0 Å². The molecule has 7 nitrogen and oxygen atoms in total. The lowest BCUT2D eigenvalue weighted by atomic mass is 10.1. The number of nitrogens with one attached hydrogen (secondary N) is 1. The summed E-state index contributed by atoms with van der Waals surface area (Å²) >= 11 is 6.13. The third kappa shape index (κ3) is 9.13. The minimum Gasteiger partial charge on any atom is -0.354 e. The molecule has 0 radical (unpaired) electrons. The van der Waals surface area contributed by atoms with Crippen LogP contribution in [0, 0.1) is 19.8 Å². The van der Waals surface area contributed by atoms with E-state index in [1.807, 2.05) is 52.0 Å².